The minimum atomic E-state index is -3.78. The van der Waals surface area contributed by atoms with Crippen LogP contribution in [0.1, 0.15) is 19.8 Å². The van der Waals surface area contributed by atoms with Crippen molar-refractivity contribution >= 4 is 33.2 Å². The summed E-state index contributed by atoms with van der Waals surface area (Å²) in [6, 6.07) is 2.08. The zero-order chi connectivity index (χ0) is 18.7. The second kappa shape index (κ2) is 7.81. The van der Waals surface area contributed by atoms with Crippen LogP contribution in [0.15, 0.2) is 21.7 Å². The standard InChI is InChI=1S/C15H22N2O6S2/c1-11(16-25(21,22)12-5-3-8-24-12)13(18)17-7-4-6-15(9-17,10-23-2)14(19)20/h3,5,8,11,16H,4,6-7,9-10H2,1-2H3,(H,19,20). The lowest BCUT2D eigenvalue weighted by molar-refractivity contribution is -0.159. The van der Waals surface area contributed by atoms with E-state index < -0.39 is 33.4 Å². The highest BCUT2D eigenvalue weighted by atomic mass is 32.2. The molecule has 0 spiro atoms. The number of methoxy groups -OCH3 is 1. The molecule has 2 N–H and O–H groups in total. The van der Waals surface area contributed by atoms with Crippen molar-refractivity contribution < 1.29 is 27.9 Å². The van der Waals surface area contributed by atoms with Gasteiger partial charge in [0.05, 0.1) is 12.6 Å². The van der Waals surface area contributed by atoms with Gasteiger partial charge in [-0.05, 0) is 31.2 Å². The summed E-state index contributed by atoms with van der Waals surface area (Å²) in [7, 11) is -2.36. The van der Waals surface area contributed by atoms with Crippen LogP contribution in [0.5, 0.6) is 0 Å². The van der Waals surface area contributed by atoms with E-state index in [1.54, 1.807) is 11.4 Å². The summed E-state index contributed by atoms with van der Waals surface area (Å²) in [5.41, 5.74) is -1.16. The minimum Gasteiger partial charge on any atom is -0.481 e. The molecular weight excluding hydrogens is 368 g/mol. The molecule has 1 fully saturated rings. The fraction of sp³-hybridized carbons (Fsp3) is 0.600. The van der Waals surface area contributed by atoms with Crippen molar-refractivity contribution in [2.45, 2.75) is 30.0 Å². The first-order chi connectivity index (χ1) is 11.7. The molecule has 1 amide bonds. The third-order valence-electron chi connectivity index (χ3n) is 4.23. The van der Waals surface area contributed by atoms with Crippen molar-refractivity contribution in [2.24, 2.45) is 5.41 Å². The molecule has 1 aromatic heterocycles. The van der Waals surface area contributed by atoms with Crippen molar-refractivity contribution in [1.29, 1.82) is 0 Å². The molecule has 1 aliphatic heterocycles. The number of nitrogens with zero attached hydrogens (tertiary/aromatic N) is 1. The van der Waals surface area contributed by atoms with Crippen LogP contribution >= 0.6 is 11.3 Å². The number of piperidine rings is 1. The molecule has 0 saturated carbocycles. The van der Waals surface area contributed by atoms with E-state index in [4.69, 9.17) is 4.74 Å². The normalized spacial score (nSPS) is 22.6. The van der Waals surface area contributed by atoms with Gasteiger partial charge in [0.25, 0.3) is 10.0 Å². The SMILES string of the molecule is COCC1(C(=O)O)CCCN(C(=O)C(C)NS(=O)(=O)c2cccs2)C1. The summed E-state index contributed by atoms with van der Waals surface area (Å²) in [6.45, 7) is 1.85. The van der Waals surface area contributed by atoms with Gasteiger partial charge in [0.2, 0.25) is 5.91 Å². The average molecular weight is 390 g/mol. The van der Waals surface area contributed by atoms with Crippen molar-refractivity contribution in [3.8, 4) is 0 Å². The molecule has 0 radical (unpaired) electrons. The van der Waals surface area contributed by atoms with Gasteiger partial charge in [0.1, 0.15) is 9.62 Å². The molecule has 1 aromatic rings. The van der Waals surface area contributed by atoms with Crippen molar-refractivity contribution in [1.82, 2.24) is 9.62 Å². The second-order valence-electron chi connectivity index (χ2n) is 6.16. The van der Waals surface area contributed by atoms with Gasteiger partial charge in [0, 0.05) is 20.2 Å². The Morgan fingerprint density at radius 2 is 2.24 bits per heavy atom. The van der Waals surface area contributed by atoms with E-state index >= 15 is 0 Å². The van der Waals surface area contributed by atoms with Gasteiger partial charge < -0.3 is 14.7 Å². The van der Waals surface area contributed by atoms with Gasteiger partial charge in [0.15, 0.2) is 0 Å². The predicted molar refractivity (Wildman–Crippen MR) is 91.9 cm³/mol. The number of aliphatic carboxylic acids is 1. The molecule has 1 aliphatic rings. The number of carboxylic acid groups (broad SMARTS) is 1. The maximum Gasteiger partial charge on any atom is 0.313 e. The molecule has 0 bridgehead atoms. The van der Waals surface area contributed by atoms with E-state index in [0.717, 1.165) is 11.3 Å². The first-order valence-electron chi connectivity index (χ1n) is 7.79. The van der Waals surface area contributed by atoms with E-state index in [1.165, 1.54) is 25.0 Å². The maximum absolute atomic E-state index is 12.6. The van der Waals surface area contributed by atoms with Crippen LogP contribution in [0.25, 0.3) is 0 Å². The molecule has 2 heterocycles. The number of carbonyl (C=O) groups excluding carboxylic acids is 1. The smallest absolute Gasteiger partial charge is 0.313 e. The van der Waals surface area contributed by atoms with Gasteiger partial charge >= 0.3 is 5.97 Å². The number of hydrogen-bond acceptors (Lipinski definition) is 6. The number of thiophene rings is 1. The fourth-order valence-corrected chi connectivity index (χ4v) is 5.19. The Labute approximate surface area is 150 Å². The van der Waals surface area contributed by atoms with E-state index in [-0.39, 0.29) is 17.4 Å². The number of amides is 1. The second-order valence-corrected chi connectivity index (χ2v) is 9.05. The molecule has 2 rings (SSSR count). The van der Waals surface area contributed by atoms with E-state index in [0.29, 0.717) is 19.4 Å². The zero-order valence-corrected chi connectivity index (χ0v) is 15.7. The summed E-state index contributed by atoms with van der Waals surface area (Å²) in [6.07, 6.45) is 0.932. The van der Waals surface area contributed by atoms with Crippen molar-refractivity contribution in [3.63, 3.8) is 0 Å². The quantitative estimate of drug-likeness (QED) is 0.710. The Morgan fingerprint density at radius 1 is 1.52 bits per heavy atom. The summed E-state index contributed by atoms with van der Waals surface area (Å²) in [5.74, 6) is -1.46. The molecule has 2 unspecified atom stereocenters. The molecule has 0 aromatic carbocycles. The molecular formula is C15H22N2O6S2. The Kier molecular flexibility index (Phi) is 6.20. The number of ether oxygens (including phenoxy) is 1. The largest absolute Gasteiger partial charge is 0.481 e. The molecule has 0 aliphatic carbocycles. The monoisotopic (exact) mass is 390 g/mol. The Morgan fingerprint density at radius 3 is 2.80 bits per heavy atom. The fourth-order valence-electron chi connectivity index (χ4n) is 2.98. The highest BCUT2D eigenvalue weighted by Gasteiger charge is 2.44. The van der Waals surface area contributed by atoms with E-state index in [9.17, 15) is 23.1 Å². The molecule has 8 nitrogen and oxygen atoms in total. The predicted octanol–water partition coefficient (Wildman–Crippen LogP) is 0.755. The third-order valence-corrected chi connectivity index (χ3v) is 7.16. The number of hydrogen-bond donors (Lipinski definition) is 2. The zero-order valence-electron chi connectivity index (χ0n) is 14.1. The van der Waals surface area contributed by atoms with Crippen LogP contribution in [0.3, 0.4) is 0 Å². The lowest BCUT2D eigenvalue weighted by atomic mass is 9.80. The van der Waals surface area contributed by atoms with Gasteiger partial charge in [-0.3, -0.25) is 9.59 Å². The van der Waals surface area contributed by atoms with Crippen LogP contribution in [0, 0.1) is 5.41 Å². The van der Waals surface area contributed by atoms with Gasteiger partial charge in [-0.15, -0.1) is 11.3 Å². The average Bonchev–Trinajstić information content (AvgIpc) is 3.09. The van der Waals surface area contributed by atoms with Crippen molar-refractivity contribution in [3.05, 3.63) is 17.5 Å². The highest BCUT2D eigenvalue weighted by Crippen LogP contribution is 2.31. The lowest BCUT2D eigenvalue weighted by Crippen LogP contribution is -2.56. The van der Waals surface area contributed by atoms with Crippen LogP contribution in [-0.2, 0) is 24.3 Å². The van der Waals surface area contributed by atoms with Crippen LogP contribution < -0.4 is 4.72 Å². The molecule has 1 saturated heterocycles. The highest BCUT2D eigenvalue weighted by molar-refractivity contribution is 7.91. The number of likely N-dealkylation sites (tertiary alicyclic amines) is 1. The first kappa shape index (κ1) is 19.8. The Balaban J connectivity index is 2.10. The van der Waals surface area contributed by atoms with Gasteiger partial charge in [-0.25, -0.2) is 8.42 Å². The lowest BCUT2D eigenvalue weighted by Gasteiger charge is -2.40. The Bertz CT molecular complexity index is 714. The Hall–Kier alpha value is -1.49. The minimum absolute atomic E-state index is 0.0000757. The van der Waals surface area contributed by atoms with Crippen molar-refractivity contribution in [2.75, 3.05) is 26.8 Å². The molecule has 10 heteroatoms. The molecule has 140 valence electrons. The summed E-state index contributed by atoms with van der Waals surface area (Å²) in [4.78, 5) is 25.7. The molecule has 2 atom stereocenters. The number of nitrogens with one attached hydrogen (secondary N) is 1. The van der Waals surface area contributed by atoms with Gasteiger partial charge in [-0.1, -0.05) is 6.07 Å². The van der Waals surface area contributed by atoms with Crippen LogP contribution in [0.2, 0.25) is 0 Å². The topological polar surface area (TPSA) is 113 Å². The summed E-state index contributed by atoms with van der Waals surface area (Å²) in [5, 5.41) is 11.2. The first-order valence-corrected chi connectivity index (χ1v) is 10.1. The van der Waals surface area contributed by atoms with Gasteiger partial charge in [-0.2, -0.15) is 4.72 Å². The maximum atomic E-state index is 12.6. The number of rotatable bonds is 7. The number of sulfonamides is 1. The summed E-state index contributed by atoms with van der Waals surface area (Å²) < 4.78 is 32.0. The number of carboxylic acids is 1. The third kappa shape index (κ3) is 4.38. The van der Waals surface area contributed by atoms with Crippen LogP contribution in [0.4, 0.5) is 0 Å². The molecule has 25 heavy (non-hydrogen) atoms. The van der Waals surface area contributed by atoms with E-state index in [2.05, 4.69) is 4.72 Å². The number of carbonyl (C=O) groups is 2. The van der Waals surface area contributed by atoms with E-state index in [1.807, 2.05) is 0 Å². The summed E-state index contributed by atoms with van der Waals surface area (Å²) >= 11 is 1.06. The van der Waals surface area contributed by atoms with Crippen LogP contribution in [-0.4, -0.2) is 63.1 Å².